The molecule has 0 radical (unpaired) electrons. The standard InChI is InChI=1S/C67H79FN12O8/c1-37(2)70-60(82)47-34-52(49(68)30-39(47)5)73-59-58-53(69-36-78(58)38(3)4)35-51(72-59)42-16-17-48-55(31-42)79(45-32-44(33-45)75-24-7-6-8-25-75)66(88)67(48)22-28-77(29-23-67)63(85)41-14-12-40(13-15-41)62(84)76-26-20-43(21-27-76)71-50-11-9-10-46-57(50)65(87)80(64(46)86)54-18-19-56(81)74-61(54)83/h9-11,16-17,30-31,34-38,40-41,43-45,54,71H,6-8,12-15,18-29,32-33H2,1-5H3,(H,70,82)(H,72,73)(H,74,81,83)/t40-,41+,44-,45+,54?. The molecule has 13 rings (SSSR count). The van der Waals surface area contributed by atoms with Gasteiger partial charge in [-0.1, -0.05) is 24.6 Å². The summed E-state index contributed by atoms with van der Waals surface area (Å²) in [6.07, 6.45) is 12.0. The Morgan fingerprint density at radius 3 is 2.10 bits per heavy atom. The van der Waals surface area contributed by atoms with E-state index in [1.807, 2.05) is 54.2 Å². The number of halogens is 1. The minimum atomic E-state index is -1.06. The van der Waals surface area contributed by atoms with Crippen molar-refractivity contribution >= 4 is 81.2 Å². The summed E-state index contributed by atoms with van der Waals surface area (Å²) in [6.45, 7) is 13.6. The lowest BCUT2D eigenvalue weighted by Crippen LogP contribution is -2.58. The van der Waals surface area contributed by atoms with Gasteiger partial charge in [0, 0.05) is 97.1 Å². The molecular formula is C67H79FN12O8. The minimum absolute atomic E-state index is 0.00169. The number of nitrogens with zero attached hydrogens (tertiary/aromatic N) is 8. The number of hydrogen-bond acceptors (Lipinski definition) is 13. The monoisotopic (exact) mass is 1200 g/mol. The Balaban J connectivity index is 0.676. The van der Waals surface area contributed by atoms with E-state index in [-0.39, 0.29) is 89.3 Å². The lowest BCUT2D eigenvalue weighted by Gasteiger charge is -2.48. The van der Waals surface area contributed by atoms with Crippen LogP contribution in [0.1, 0.15) is 172 Å². The lowest BCUT2D eigenvalue weighted by molar-refractivity contribution is -0.143. The van der Waals surface area contributed by atoms with Gasteiger partial charge in [-0.2, -0.15) is 0 Å². The van der Waals surface area contributed by atoms with Crippen molar-refractivity contribution in [2.24, 2.45) is 11.8 Å². The van der Waals surface area contributed by atoms with Crippen molar-refractivity contribution in [2.45, 2.75) is 173 Å². The number of likely N-dealkylation sites (tertiary alicyclic amines) is 3. The first kappa shape index (κ1) is 58.9. The molecule has 5 aromatic rings. The molecule has 8 aliphatic rings. The molecule has 1 unspecified atom stereocenters. The van der Waals surface area contributed by atoms with Gasteiger partial charge in [-0.25, -0.2) is 14.4 Å². The first-order chi connectivity index (χ1) is 42.3. The van der Waals surface area contributed by atoms with Crippen LogP contribution < -0.4 is 26.2 Å². The molecule has 6 aliphatic heterocycles. The van der Waals surface area contributed by atoms with Gasteiger partial charge in [0.1, 0.15) is 17.4 Å². The summed E-state index contributed by atoms with van der Waals surface area (Å²) in [5.41, 5.74) is 5.64. The Kier molecular flexibility index (Phi) is 15.7. The SMILES string of the molecule is Cc1cc(F)c(Nc2nc(-c3ccc4c(c3)N([C@H]3C[C@@H](N5CCCCC5)C3)C(=O)C43CCN(C(=O)[C@H]4CC[C@@H](C(=O)N5CCC(Nc6cccc7c6C(=O)N(C6CCC(=O)NC6=O)C7=O)CC5)CC4)CC3)cc3ncn(C(C)C)c23)cc1C(=O)NC(C)C. The Hall–Kier alpha value is -8.07. The molecule has 0 bridgehead atoms. The van der Waals surface area contributed by atoms with E-state index in [0.717, 1.165) is 47.6 Å². The van der Waals surface area contributed by atoms with Gasteiger partial charge in [0.2, 0.25) is 29.5 Å². The third kappa shape index (κ3) is 10.6. The highest BCUT2D eigenvalue weighted by molar-refractivity contribution is 6.25. The fraction of sp³-hybridized carbons (Fsp3) is 0.522. The number of imide groups is 2. The normalized spacial score (nSPS) is 24.1. The maximum atomic E-state index is 16.0. The number of amides is 8. The highest BCUT2D eigenvalue weighted by Gasteiger charge is 2.56. The van der Waals surface area contributed by atoms with E-state index in [1.54, 1.807) is 31.5 Å². The number of anilines is 4. The van der Waals surface area contributed by atoms with Gasteiger partial charge in [0.15, 0.2) is 5.82 Å². The number of hydrogen-bond donors (Lipinski definition) is 4. The Morgan fingerprint density at radius 1 is 0.739 bits per heavy atom. The second-order valence-electron chi connectivity index (χ2n) is 26.5. The number of benzene rings is 3. The van der Waals surface area contributed by atoms with E-state index in [2.05, 4.69) is 43.2 Å². The number of carbonyl (C=O) groups excluding carboxylic acids is 8. The van der Waals surface area contributed by atoms with Gasteiger partial charge < -0.3 is 40.1 Å². The maximum absolute atomic E-state index is 16.0. The number of imidazole rings is 1. The largest absolute Gasteiger partial charge is 0.382 e. The van der Waals surface area contributed by atoms with Crippen LogP contribution in [0.2, 0.25) is 0 Å². The Labute approximate surface area is 511 Å². The van der Waals surface area contributed by atoms with Crippen LogP contribution in [0.3, 0.4) is 0 Å². The average molecular weight is 1200 g/mol. The molecule has 4 saturated heterocycles. The van der Waals surface area contributed by atoms with Gasteiger partial charge in [0.05, 0.1) is 39.8 Å². The molecule has 8 amide bonds. The summed E-state index contributed by atoms with van der Waals surface area (Å²) >= 11 is 0. The van der Waals surface area contributed by atoms with Crippen molar-refractivity contribution < 1.29 is 42.7 Å². The zero-order valence-electron chi connectivity index (χ0n) is 51.0. The Morgan fingerprint density at radius 2 is 1.43 bits per heavy atom. The molecule has 1 spiro atoms. The van der Waals surface area contributed by atoms with E-state index >= 15 is 9.18 Å². The van der Waals surface area contributed by atoms with Crippen LogP contribution in [-0.2, 0) is 29.4 Å². The molecule has 6 fully saturated rings. The van der Waals surface area contributed by atoms with Gasteiger partial charge in [-0.05, 0) is 179 Å². The third-order valence-corrected chi connectivity index (χ3v) is 20.4. The van der Waals surface area contributed by atoms with Gasteiger partial charge in [0.25, 0.3) is 17.7 Å². The van der Waals surface area contributed by atoms with Gasteiger partial charge >= 0.3 is 0 Å². The van der Waals surface area contributed by atoms with Crippen molar-refractivity contribution in [3.05, 3.63) is 94.6 Å². The molecule has 20 nitrogen and oxygen atoms in total. The summed E-state index contributed by atoms with van der Waals surface area (Å²) in [5, 5.41) is 11.9. The van der Waals surface area contributed by atoms with E-state index in [1.165, 1.54) is 31.4 Å². The molecule has 2 aliphatic carbocycles. The topological polar surface area (TPSA) is 232 Å². The number of rotatable bonds is 13. The van der Waals surface area contributed by atoms with Crippen LogP contribution >= 0.6 is 0 Å². The molecule has 4 N–H and O–H groups in total. The number of pyridine rings is 1. The number of piperidine rings is 4. The second kappa shape index (κ2) is 23.5. The van der Waals surface area contributed by atoms with Crippen LogP contribution in [0.5, 0.6) is 0 Å². The summed E-state index contributed by atoms with van der Waals surface area (Å²) in [4.78, 5) is 128. The van der Waals surface area contributed by atoms with Crippen molar-refractivity contribution in [1.29, 1.82) is 0 Å². The van der Waals surface area contributed by atoms with Crippen LogP contribution in [0.15, 0.2) is 60.9 Å². The molecule has 8 heterocycles. The smallest absolute Gasteiger partial charge is 0.264 e. The van der Waals surface area contributed by atoms with E-state index in [9.17, 15) is 33.6 Å². The predicted octanol–water partition coefficient (Wildman–Crippen LogP) is 8.54. The quantitative estimate of drug-likeness (QED) is 0.0811. The maximum Gasteiger partial charge on any atom is 0.264 e. The third-order valence-electron chi connectivity index (χ3n) is 20.4. The number of fused-ring (bicyclic) bond motifs is 4. The predicted molar refractivity (Wildman–Crippen MR) is 329 cm³/mol. The highest BCUT2D eigenvalue weighted by atomic mass is 19.1. The van der Waals surface area contributed by atoms with Crippen molar-refractivity contribution in [3.8, 4) is 11.3 Å². The number of nitrogens with one attached hydrogen (secondary N) is 4. The van der Waals surface area contributed by atoms with Crippen LogP contribution in [0, 0.1) is 24.6 Å². The fourth-order valence-electron chi connectivity index (χ4n) is 15.4. The van der Waals surface area contributed by atoms with Gasteiger partial charge in [-0.3, -0.25) is 48.6 Å². The van der Waals surface area contributed by atoms with E-state index in [4.69, 9.17) is 9.97 Å². The zero-order valence-corrected chi connectivity index (χ0v) is 51.0. The molecule has 3 aromatic carbocycles. The van der Waals surface area contributed by atoms with Crippen molar-refractivity contribution in [3.63, 3.8) is 0 Å². The zero-order chi connectivity index (χ0) is 61.4. The molecular weight excluding hydrogens is 1120 g/mol. The first-order valence-electron chi connectivity index (χ1n) is 32.0. The molecule has 88 heavy (non-hydrogen) atoms. The minimum Gasteiger partial charge on any atom is -0.382 e. The molecule has 462 valence electrons. The van der Waals surface area contributed by atoms with Crippen LogP contribution in [0.4, 0.5) is 27.3 Å². The van der Waals surface area contributed by atoms with E-state index in [0.29, 0.717) is 123 Å². The van der Waals surface area contributed by atoms with Crippen LogP contribution in [-0.4, -0.2) is 151 Å². The molecule has 2 saturated carbocycles. The second-order valence-corrected chi connectivity index (χ2v) is 26.5. The number of carbonyl (C=O) groups is 8. The van der Waals surface area contributed by atoms with E-state index < -0.39 is 40.9 Å². The summed E-state index contributed by atoms with van der Waals surface area (Å²) in [6, 6.07) is 15.3. The number of aromatic nitrogens is 3. The summed E-state index contributed by atoms with van der Waals surface area (Å²) in [7, 11) is 0. The lowest BCUT2D eigenvalue weighted by atomic mass is 9.72. The average Bonchev–Trinajstić information content (AvgIpc) is 1.57. The summed E-state index contributed by atoms with van der Waals surface area (Å²) < 4.78 is 18.0. The fourth-order valence-corrected chi connectivity index (χ4v) is 15.4. The number of aryl methyl sites for hydroxylation is 1. The molecule has 1 atom stereocenters. The van der Waals surface area contributed by atoms with Crippen molar-refractivity contribution in [2.75, 3.05) is 54.8 Å². The first-order valence-corrected chi connectivity index (χ1v) is 32.0. The highest BCUT2D eigenvalue weighted by Crippen LogP contribution is 2.53. The van der Waals surface area contributed by atoms with Crippen LogP contribution in [0.25, 0.3) is 22.3 Å². The summed E-state index contributed by atoms with van der Waals surface area (Å²) in [5.74, 6) is -2.78. The Bertz CT molecular complexity index is 3680. The van der Waals surface area contributed by atoms with Gasteiger partial charge in [-0.15, -0.1) is 0 Å². The van der Waals surface area contributed by atoms with Crippen molar-refractivity contribution in [1.82, 2.24) is 44.8 Å². The molecule has 2 aromatic heterocycles. The molecule has 21 heteroatoms.